The second-order valence-corrected chi connectivity index (χ2v) is 7.89. The fourth-order valence-electron chi connectivity index (χ4n) is 3.42. The molecular formula is C26H35NO3. The van der Waals surface area contributed by atoms with E-state index in [-0.39, 0.29) is 12.1 Å². The molecule has 0 radical (unpaired) electrons. The van der Waals surface area contributed by atoms with Gasteiger partial charge >= 0.3 is 5.97 Å². The van der Waals surface area contributed by atoms with E-state index in [1.54, 1.807) is 0 Å². The second kappa shape index (κ2) is 13.6. The minimum Gasteiger partial charge on any atom is -0.494 e. The molecule has 2 rings (SSSR count). The number of benzene rings is 1. The predicted molar refractivity (Wildman–Crippen MR) is 124 cm³/mol. The van der Waals surface area contributed by atoms with Crippen molar-refractivity contribution in [2.45, 2.75) is 71.1 Å². The van der Waals surface area contributed by atoms with Crippen molar-refractivity contribution >= 4 is 17.8 Å². The normalized spacial score (nSPS) is 14.6. The largest absolute Gasteiger partial charge is 0.494 e. The van der Waals surface area contributed by atoms with E-state index in [9.17, 15) is 4.79 Å². The Morgan fingerprint density at radius 2 is 1.70 bits per heavy atom. The summed E-state index contributed by atoms with van der Waals surface area (Å²) in [5.41, 5.74) is 2.88. The molecule has 0 saturated carbocycles. The molecule has 0 amide bonds. The summed E-state index contributed by atoms with van der Waals surface area (Å²) in [4.78, 5) is 10.8. The van der Waals surface area contributed by atoms with Gasteiger partial charge in [-0.1, -0.05) is 88.3 Å². The van der Waals surface area contributed by atoms with Gasteiger partial charge in [0, 0.05) is 6.42 Å². The molecule has 0 aromatic heterocycles. The van der Waals surface area contributed by atoms with Gasteiger partial charge in [0.05, 0.1) is 6.61 Å². The fourth-order valence-corrected chi connectivity index (χ4v) is 3.42. The molecule has 0 aliphatic heterocycles. The maximum Gasteiger partial charge on any atom is 0.349 e. The number of carbonyl (C=O) groups is 1. The first-order valence-electron chi connectivity index (χ1n) is 11.2. The van der Waals surface area contributed by atoms with E-state index < -0.39 is 5.97 Å². The van der Waals surface area contributed by atoms with Gasteiger partial charge in [0.2, 0.25) is 0 Å². The zero-order valence-electron chi connectivity index (χ0n) is 18.2. The molecule has 4 nitrogen and oxygen atoms in total. The van der Waals surface area contributed by atoms with Crippen LogP contribution in [0.1, 0.15) is 76.7 Å². The Morgan fingerprint density at radius 3 is 2.30 bits per heavy atom. The van der Waals surface area contributed by atoms with Crippen LogP contribution in [0.5, 0.6) is 5.75 Å². The molecule has 162 valence electrons. The van der Waals surface area contributed by atoms with Gasteiger partial charge in [-0.2, -0.15) is 0 Å². The van der Waals surface area contributed by atoms with Gasteiger partial charge in [-0.3, -0.25) is 5.41 Å². The predicted octanol–water partition coefficient (Wildman–Crippen LogP) is 6.97. The number of carboxylic acid groups (broad SMARTS) is 1. The van der Waals surface area contributed by atoms with E-state index >= 15 is 0 Å². The number of rotatable bonds is 14. The summed E-state index contributed by atoms with van der Waals surface area (Å²) in [7, 11) is 0. The molecule has 0 heterocycles. The Balaban J connectivity index is 1.67. The number of ether oxygens (including phenoxy) is 1. The molecule has 1 aromatic carbocycles. The molecular weight excluding hydrogens is 374 g/mol. The highest BCUT2D eigenvalue weighted by molar-refractivity contribution is 6.34. The highest BCUT2D eigenvalue weighted by atomic mass is 16.5. The lowest BCUT2D eigenvalue weighted by atomic mass is 9.97. The zero-order chi connectivity index (χ0) is 21.6. The lowest BCUT2D eigenvalue weighted by Gasteiger charge is -2.10. The Bertz CT molecular complexity index is 772. The van der Waals surface area contributed by atoms with Crippen LogP contribution in [0.3, 0.4) is 0 Å². The summed E-state index contributed by atoms with van der Waals surface area (Å²) in [6.07, 6.45) is 19.3. The topological polar surface area (TPSA) is 70.4 Å². The Morgan fingerprint density at radius 1 is 1.03 bits per heavy atom. The van der Waals surface area contributed by atoms with E-state index in [0.29, 0.717) is 0 Å². The third-order valence-electron chi connectivity index (χ3n) is 5.25. The molecule has 1 aromatic rings. The van der Waals surface area contributed by atoms with Crippen LogP contribution in [-0.2, 0) is 4.79 Å². The number of allylic oxidation sites excluding steroid dienone is 5. The fraction of sp³-hybridized carbons (Fsp3) is 0.462. The molecule has 0 spiro atoms. The summed E-state index contributed by atoms with van der Waals surface area (Å²) in [6.45, 7) is 3.03. The van der Waals surface area contributed by atoms with Gasteiger partial charge in [-0.15, -0.1) is 0 Å². The number of unbranched alkanes of at least 4 members (excludes halogenated alkanes) is 7. The summed E-state index contributed by atoms with van der Waals surface area (Å²) in [6, 6.07) is 8.14. The van der Waals surface area contributed by atoms with E-state index in [0.717, 1.165) is 41.9 Å². The third-order valence-corrected chi connectivity index (χ3v) is 5.25. The average molecular weight is 410 g/mol. The van der Waals surface area contributed by atoms with E-state index in [2.05, 4.69) is 25.1 Å². The van der Waals surface area contributed by atoms with E-state index in [1.165, 1.54) is 44.9 Å². The minimum absolute atomic E-state index is 0.171. The van der Waals surface area contributed by atoms with Crippen LogP contribution in [-0.4, -0.2) is 23.4 Å². The van der Waals surface area contributed by atoms with E-state index in [1.807, 2.05) is 30.4 Å². The SMILES string of the molecule is CCCCCCCCCCOc1ccc(C=C2C=CC(CC(=N)C(=O)O)=CC2)cc1. The van der Waals surface area contributed by atoms with Crippen LogP contribution in [0.25, 0.3) is 6.08 Å². The van der Waals surface area contributed by atoms with Crippen molar-refractivity contribution in [2.75, 3.05) is 6.61 Å². The van der Waals surface area contributed by atoms with Crippen molar-refractivity contribution in [1.82, 2.24) is 0 Å². The number of hydrogen-bond donors (Lipinski definition) is 2. The number of aliphatic carboxylic acids is 1. The summed E-state index contributed by atoms with van der Waals surface area (Å²) >= 11 is 0. The first-order chi connectivity index (χ1) is 14.6. The smallest absolute Gasteiger partial charge is 0.349 e. The van der Waals surface area contributed by atoms with Crippen molar-refractivity contribution < 1.29 is 14.6 Å². The molecule has 30 heavy (non-hydrogen) atoms. The Hall–Kier alpha value is -2.62. The number of hydrogen-bond acceptors (Lipinski definition) is 3. The van der Waals surface area contributed by atoms with Gasteiger partial charge in [0.1, 0.15) is 11.5 Å². The molecule has 2 N–H and O–H groups in total. The third kappa shape index (κ3) is 9.25. The monoisotopic (exact) mass is 409 g/mol. The first kappa shape index (κ1) is 23.7. The number of nitrogens with one attached hydrogen (secondary N) is 1. The molecule has 0 fully saturated rings. The van der Waals surface area contributed by atoms with Crippen LogP contribution >= 0.6 is 0 Å². The van der Waals surface area contributed by atoms with Gasteiger partial charge in [0.15, 0.2) is 0 Å². The lowest BCUT2D eigenvalue weighted by Crippen LogP contribution is -2.12. The van der Waals surface area contributed by atoms with Crippen LogP contribution in [0.4, 0.5) is 0 Å². The van der Waals surface area contributed by atoms with Crippen molar-refractivity contribution in [3.63, 3.8) is 0 Å². The van der Waals surface area contributed by atoms with Crippen molar-refractivity contribution in [3.8, 4) is 5.75 Å². The molecule has 1 aliphatic carbocycles. The molecule has 1 aliphatic rings. The highest BCUT2D eigenvalue weighted by Crippen LogP contribution is 2.22. The van der Waals surface area contributed by atoms with Crippen molar-refractivity contribution in [3.05, 3.63) is 59.2 Å². The maximum atomic E-state index is 10.8. The van der Waals surface area contributed by atoms with Gasteiger partial charge in [0.25, 0.3) is 0 Å². The lowest BCUT2D eigenvalue weighted by molar-refractivity contribution is -0.129. The van der Waals surface area contributed by atoms with Crippen LogP contribution in [0.15, 0.2) is 53.6 Å². The van der Waals surface area contributed by atoms with Gasteiger partial charge in [-0.25, -0.2) is 4.79 Å². The summed E-state index contributed by atoms with van der Waals surface area (Å²) < 4.78 is 5.85. The van der Waals surface area contributed by atoms with Gasteiger partial charge < -0.3 is 9.84 Å². The van der Waals surface area contributed by atoms with E-state index in [4.69, 9.17) is 15.3 Å². The minimum atomic E-state index is -1.16. The molecule has 0 unspecified atom stereocenters. The first-order valence-corrected chi connectivity index (χ1v) is 11.2. The average Bonchev–Trinajstić information content (AvgIpc) is 2.75. The Kier molecular flexibility index (Phi) is 10.7. The van der Waals surface area contributed by atoms with Crippen molar-refractivity contribution in [1.29, 1.82) is 5.41 Å². The molecule has 0 atom stereocenters. The highest BCUT2D eigenvalue weighted by Gasteiger charge is 2.10. The second-order valence-electron chi connectivity index (χ2n) is 7.89. The van der Waals surface area contributed by atoms with Gasteiger partial charge in [-0.05, 0) is 41.7 Å². The Labute approximate surface area is 180 Å². The molecule has 4 heteroatoms. The van der Waals surface area contributed by atoms with Crippen LogP contribution < -0.4 is 4.74 Å². The summed E-state index contributed by atoms with van der Waals surface area (Å²) in [5.74, 6) is -0.246. The number of carboxylic acids is 1. The van der Waals surface area contributed by atoms with Crippen LogP contribution in [0, 0.1) is 5.41 Å². The van der Waals surface area contributed by atoms with Crippen LogP contribution in [0.2, 0.25) is 0 Å². The molecule has 0 bridgehead atoms. The summed E-state index contributed by atoms with van der Waals surface area (Å²) in [5, 5.41) is 16.3. The van der Waals surface area contributed by atoms with Crippen molar-refractivity contribution in [2.24, 2.45) is 0 Å². The maximum absolute atomic E-state index is 10.8. The quantitative estimate of drug-likeness (QED) is 0.257. The standard InChI is InChI=1S/C26H35NO3/c1-2-3-4-5-6-7-8-9-18-30-24-16-14-22(15-17-24)19-21-10-12-23(13-11-21)20-25(27)26(28)29/h10,12-17,19,27H,2-9,11,18,20H2,1H3,(H,28,29). The molecule has 0 saturated heterocycles. The zero-order valence-corrected chi connectivity index (χ0v) is 18.2.